The Morgan fingerprint density at radius 2 is 1.86 bits per heavy atom. The summed E-state index contributed by atoms with van der Waals surface area (Å²) in [7, 11) is 0. The SMILES string of the molecule is CCCCOc1ccc([C@@H]2C(C(=O)c3cc4ccccc4o3)=C(O)C(=O)N2c2nnc(SCc3ccccc3F)s2)cc1. The Morgan fingerprint density at radius 1 is 1.09 bits per heavy atom. The molecule has 0 radical (unpaired) electrons. The number of ketones is 1. The summed E-state index contributed by atoms with van der Waals surface area (Å²) in [6.07, 6.45) is 1.91. The fraction of sp³-hybridized carbons (Fsp3) is 0.188. The highest BCUT2D eigenvalue weighted by molar-refractivity contribution is 8.00. The van der Waals surface area contributed by atoms with Crippen molar-refractivity contribution in [1.82, 2.24) is 10.2 Å². The lowest BCUT2D eigenvalue weighted by Gasteiger charge is -2.24. The van der Waals surface area contributed by atoms with Gasteiger partial charge in [0.1, 0.15) is 17.1 Å². The molecule has 11 heteroatoms. The van der Waals surface area contributed by atoms with Crippen LogP contribution in [0.1, 0.15) is 47.5 Å². The average molecular weight is 616 g/mol. The Hall–Kier alpha value is -4.48. The standard InChI is InChI=1S/C32H26FN3O5S2/c1-2-3-16-40-22-14-12-19(13-15-22)27-26(28(37)25-17-20-8-5-7-11-24(20)41-25)29(38)30(39)36(27)31-34-35-32(43-31)42-18-21-9-4-6-10-23(21)33/h4-15,17,27,38H,2-3,16,18H2,1H3/t27-/m1/s1. The van der Waals surface area contributed by atoms with Crippen molar-refractivity contribution in [3.05, 3.63) is 113 Å². The van der Waals surface area contributed by atoms with Crippen LogP contribution in [0.4, 0.5) is 9.52 Å². The number of anilines is 1. The first-order valence-corrected chi connectivity index (χ1v) is 15.5. The largest absolute Gasteiger partial charge is 0.503 e. The molecule has 8 nitrogen and oxygen atoms in total. The maximum Gasteiger partial charge on any atom is 0.296 e. The molecule has 2 aromatic heterocycles. The van der Waals surface area contributed by atoms with Crippen LogP contribution in [-0.2, 0) is 10.5 Å². The summed E-state index contributed by atoms with van der Waals surface area (Å²) in [6, 6.07) is 21.3. The maximum absolute atomic E-state index is 14.1. The van der Waals surface area contributed by atoms with Gasteiger partial charge in [0, 0.05) is 11.1 Å². The van der Waals surface area contributed by atoms with Gasteiger partial charge in [0.2, 0.25) is 10.9 Å². The third-order valence-electron chi connectivity index (χ3n) is 6.98. The van der Waals surface area contributed by atoms with Gasteiger partial charge in [-0.2, -0.15) is 0 Å². The van der Waals surface area contributed by atoms with E-state index in [0.29, 0.717) is 39.2 Å². The van der Waals surface area contributed by atoms with Gasteiger partial charge < -0.3 is 14.3 Å². The molecule has 0 saturated heterocycles. The lowest BCUT2D eigenvalue weighted by molar-refractivity contribution is -0.117. The van der Waals surface area contributed by atoms with E-state index in [1.807, 2.05) is 12.1 Å². The molecule has 0 aliphatic carbocycles. The summed E-state index contributed by atoms with van der Waals surface area (Å²) in [4.78, 5) is 28.7. The Kier molecular flexibility index (Phi) is 8.26. The highest BCUT2D eigenvalue weighted by Gasteiger charge is 2.46. The number of carbonyl (C=O) groups is 2. The van der Waals surface area contributed by atoms with Crippen molar-refractivity contribution in [1.29, 1.82) is 0 Å². The zero-order chi connectivity index (χ0) is 29.9. The highest BCUT2D eigenvalue weighted by atomic mass is 32.2. The third-order valence-corrected chi connectivity index (χ3v) is 9.08. The zero-order valence-electron chi connectivity index (χ0n) is 23.0. The van der Waals surface area contributed by atoms with E-state index in [-0.39, 0.29) is 22.3 Å². The number of hydrogen-bond donors (Lipinski definition) is 1. The van der Waals surface area contributed by atoms with E-state index in [0.717, 1.165) is 29.6 Å². The molecular formula is C32H26FN3O5S2. The monoisotopic (exact) mass is 615 g/mol. The van der Waals surface area contributed by atoms with E-state index in [2.05, 4.69) is 17.1 Å². The number of thioether (sulfide) groups is 1. The number of rotatable bonds is 11. The number of unbranched alkanes of at least 4 members (excludes halogenated alkanes) is 1. The minimum atomic E-state index is -1.00. The molecule has 0 bridgehead atoms. The fourth-order valence-electron chi connectivity index (χ4n) is 4.77. The fourth-order valence-corrected chi connectivity index (χ4v) is 6.62. The predicted octanol–water partition coefficient (Wildman–Crippen LogP) is 7.68. The van der Waals surface area contributed by atoms with Gasteiger partial charge in [-0.3, -0.25) is 14.5 Å². The molecule has 1 atom stereocenters. The van der Waals surface area contributed by atoms with E-state index in [1.165, 1.54) is 22.7 Å². The van der Waals surface area contributed by atoms with Crippen molar-refractivity contribution in [2.75, 3.05) is 11.5 Å². The van der Waals surface area contributed by atoms with Crippen molar-refractivity contribution < 1.29 is 28.2 Å². The van der Waals surface area contributed by atoms with Crippen molar-refractivity contribution in [3.8, 4) is 5.75 Å². The Balaban J connectivity index is 1.34. The molecular weight excluding hydrogens is 590 g/mol. The number of halogens is 1. The van der Waals surface area contributed by atoms with Gasteiger partial charge in [0.15, 0.2) is 15.9 Å². The van der Waals surface area contributed by atoms with Crippen LogP contribution in [0, 0.1) is 5.82 Å². The van der Waals surface area contributed by atoms with Gasteiger partial charge in [0.05, 0.1) is 18.2 Å². The number of aliphatic hydroxyl groups is 1. The van der Waals surface area contributed by atoms with Gasteiger partial charge in [0.25, 0.3) is 5.91 Å². The highest BCUT2D eigenvalue weighted by Crippen LogP contribution is 2.44. The number of furan rings is 1. The van der Waals surface area contributed by atoms with Crippen LogP contribution in [0.5, 0.6) is 5.75 Å². The molecule has 1 amide bonds. The molecule has 0 spiro atoms. The van der Waals surface area contributed by atoms with Crippen molar-refractivity contribution in [2.24, 2.45) is 0 Å². The topological polar surface area (TPSA) is 106 Å². The van der Waals surface area contributed by atoms with E-state index in [9.17, 15) is 19.1 Å². The van der Waals surface area contributed by atoms with Crippen molar-refractivity contribution >= 4 is 50.9 Å². The van der Waals surface area contributed by atoms with Crippen LogP contribution in [0.25, 0.3) is 11.0 Å². The smallest absolute Gasteiger partial charge is 0.296 e. The number of amides is 1. The molecule has 5 aromatic rings. The quantitative estimate of drug-likeness (QED) is 0.0698. The molecule has 0 fully saturated rings. The molecule has 1 aliphatic rings. The summed E-state index contributed by atoms with van der Waals surface area (Å²) in [5, 5.41) is 20.5. The number of Topliss-reactive ketones (excluding diaryl/α,β-unsaturated/α-hetero) is 1. The number of fused-ring (bicyclic) bond motifs is 1. The van der Waals surface area contributed by atoms with E-state index in [4.69, 9.17) is 9.15 Å². The second-order valence-electron chi connectivity index (χ2n) is 9.82. The van der Waals surface area contributed by atoms with Gasteiger partial charge in [-0.05, 0) is 47.9 Å². The maximum atomic E-state index is 14.1. The summed E-state index contributed by atoms with van der Waals surface area (Å²) in [5.41, 5.74) is 1.46. The number of hydrogen-bond acceptors (Lipinski definition) is 9. The molecule has 0 unspecified atom stereocenters. The lowest BCUT2D eigenvalue weighted by atomic mass is 9.95. The number of carbonyl (C=O) groups excluding carboxylic acids is 2. The van der Waals surface area contributed by atoms with E-state index >= 15 is 0 Å². The molecule has 218 valence electrons. The molecule has 43 heavy (non-hydrogen) atoms. The lowest BCUT2D eigenvalue weighted by Crippen LogP contribution is -2.31. The Morgan fingerprint density at radius 3 is 2.63 bits per heavy atom. The van der Waals surface area contributed by atoms with Crippen LogP contribution >= 0.6 is 23.1 Å². The van der Waals surface area contributed by atoms with Crippen molar-refractivity contribution in [2.45, 2.75) is 35.9 Å². The molecule has 0 saturated carbocycles. The first kappa shape index (κ1) is 28.6. The number of ether oxygens (including phenoxy) is 1. The van der Waals surface area contributed by atoms with Crippen LogP contribution < -0.4 is 9.64 Å². The number of aliphatic hydroxyl groups excluding tert-OH is 1. The van der Waals surface area contributed by atoms with Crippen LogP contribution in [-0.4, -0.2) is 33.6 Å². The molecule has 1 aliphatic heterocycles. The van der Waals surface area contributed by atoms with Crippen LogP contribution in [0.2, 0.25) is 0 Å². The van der Waals surface area contributed by atoms with E-state index in [1.54, 1.807) is 60.7 Å². The second-order valence-corrected chi connectivity index (χ2v) is 12.0. The average Bonchev–Trinajstić information content (AvgIpc) is 3.73. The molecule has 3 aromatic carbocycles. The minimum Gasteiger partial charge on any atom is -0.503 e. The van der Waals surface area contributed by atoms with Gasteiger partial charge in [-0.1, -0.05) is 85.0 Å². The zero-order valence-corrected chi connectivity index (χ0v) is 24.7. The summed E-state index contributed by atoms with van der Waals surface area (Å²) in [5.74, 6) is -1.44. The minimum absolute atomic E-state index is 0.000292. The van der Waals surface area contributed by atoms with Crippen molar-refractivity contribution in [3.63, 3.8) is 0 Å². The second kappa shape index (κ2) is 12.4. The van der Waals surface area contributed by atoms with Gasteiger partial charge >= 0.3 is 0 Å². The predicted molar refractivity (Wildman–Crippen MR) is 163 cm³/mol. The van der Waals surface area contributed by atoms with Crippen LogP contribution in [0.3, 0.4) is 0 Å². The summed E-state index contributed by atoms with van der Waals surface area (Å²) < 4.78 is 26.2. The first-order chi connectivity index (χ1) is 20.9. The molecule has 1 N–H and O–H groups in total. The van der Waals surface area contributed by atoms with E-state index < -0.39 is 23.5 Å². The number of nitrogens with zero attached hydrogens (tertiary/aromatic N) is 3. The summed E-state index contributed by atoms with van der Waals surface area (Å²) in [6.45, 7) is 2.65. The Bertz CT molecular complexity index is 1800. The number of benzene rings is 3. The molecule has 6 rings (SSSR count). The Labute approximate surface area is 254 Å². The molecule has 3 heterocycles. The van der Waals surface area contributed by atoms with Gasteiger partial charge in [-0.15, -0.1) is 10.2 Å². The normalized spacial score (nSPS) is 15.1. The number of para-hydroxylation sites is 1. The van der Waals surface area contributed by atoms with Gasteiger partial charge in [-0.25, -0.2) is 4.39 Å². The first-order valence-electron chi connectivity index (χ1n) is 13.7. The third kappa shape index (κ3) is 5.78. The van der Waals surface area contributed by atoms with Crippen LogP contribution in [0.15, 0.2) is 99.0 Å². The number of aromatic nitrogens is 2. The summed E-state index contributed by atoms with van der Waals surface area (Å²) >= 11 is 2.39.